The number of carbonyl (C=O) groups is 4. The molecule has 0 spiro atoms. The predicted molar refractivity (Wildman–Crippen MR) is 89.3 cm³/mol. The molecule has 132 valence electrons. The molecular formula is C17H20N4O4. The number of hydrogen-bond donors (Lipinski definition) is 2. The third-order valence-corrected chi connectivity index (χ3v) is 4.32. The van der Waals surface area contributed by atoms with E-state index in [-0.39, 0.29) is 25.4 Å². The molecule has 8 heteroatoms. The van der Waals surface area contributed by atoms with Gasteiger partial charge in [-0.15, -0.1) is 0 Å². The summed E-state index contributed by atoms with van der Waals surface area (Å²) < 4.78 is 0. The van der Waals surface area contributed by atoms with Crippen LogP contribution in [0.25, 0.3) is 0 Å². The van der Waals surface area contributed by atoms with Gasteiger partial charge in [0.05, 0.1) is 5.92 Å². The van der Waals surface area contributed by atoms with Crippen molar-refractivity contribution in [2.45, 2.75) is 26.2 Å². The van der Waals surface area contributed by atoms with Crippen LogP contribution in [0.2, 0.25) is 0 Å². The lowest BCUT2D eigenvalue weighted by Gasteiger charge is -2.19. The lowest BCUT2D eigenvalue weighted by Crippen LogP contribution is -2.47. The van der Waals surface area contributed by atoms with Crippen molar-refractivity contribution in [1.29, 1.82) is 0 Å². The summed E-state index contributed by atoms with van der Waals surface area (Å²) >= 11 is 0. The fourth-order valence-electron chi connectivity index (χ4n) is 3.02. The van der Waals surface area contributed by atoms with Gasteiger partial charge in [-0.2, -0.15) is 0 Å². The molecule has 2 fully saturated rings. The quantitative estimate of drug-likeness (QED) is 0.763. The van der Waals surface area contributed by atoms with Crippen molar-refractivity contribution in [1.82, 2.24) is 15.8 Å². The highest BCUT2D eigenvalue weighted by Gasteiger charge is 2.37. The van der Waals surface area contributed by atoms with Crippen LogP contribution in [0.15, 0.2) is 24.3 Å². The van der Waals surface area contributed by atoms with Gasteiger partial charge in [-0.05, 0) is 24.1 Å². The summed E-state index contributed by atoms with van der Waals surface area (Å²) in [5.74, 6) is -1.61. The lowest BCUT2D eigenvalue weighted by atomic mass is 10.1. The number of hydrogen-bond acceptors (Lipinski definition) is 4. The first-order valence-corrected chi connectivity index (χ1v) is 8.29. The SMILES string of the molecule is CCCc1ccc(N2C[C@H](C(=O)NN3CC(=O)NC3=O)CC2=O)cc1. The highest BCUT2D eigenvalue weighted by molar-refractivity contribution is 6.04. The number of amides is 5. The number of nitrogens with one attached hydrogen (secondary N) is 2. The van der Waals surface area contributed by atoms with E-state index in [1.807, 2.05) is 24.3 Å². The molecule has 0 aliphatic carbocycles. The van der Waals surface area contributed by atoms with Crippen LogP contribution in [0.4, 0.5) is 10.5 Å². The van der Waals surface area contributed by atoms with E-state index in [4.69, 9.17) is 0 Å². The molecule has 0 bridgehead atoms. The summed E-state index contributed by atoms with van der Waals surface area (Å²) in [6.07, 6.45) is 2.11. The van der Waals surface area contributed by atoms with E-state index in [1.54, 1.807) is 4.90 Å². The molecule has 0 radical (unpaired) electrons. The fourth-order valence-corrected chi connectivity index (χ4v) is 3.02. The fraction of sp³-hybridized carbons (Fsp3) is 0.412. The molecule has 5 amide bonds. The van der Waals surface area contributed by atoms with Crippen molar-refractivity contribution in [3.63, 3.8) is 0 Å². The van der Waals surface area contributed by atoms with Gasteiger partial charge in [-0.3, -0.25) is 25.1 Å². The van der Waals surface area contributed by atoms with Crippen molar-refractivity contribution < 1.29 is 19.2 Å². The maximum atomic E-state index is 12.3. The first-order valence-electron chi connectivity index (χ1n) is 8.29. The molecule has 25 heavy (non-hydrogen) atoms. The Kier molecular flexibility index (Phi) is 4.69. The van der Waals surface area contributed by atoms with Gasteiger partial charge >= 0.3 is 6.03 Å². The number of urea groups is 1. The van der Waals surface area contributed by atoms with Gasteiger partial charge in [0.1, 0.15) is 6.54 Å². The highest BCUT2D eigenvalue weighted by Crippen LogP contribution is 2.26. The molecule has 1 aromatic carbocycles. The van der Waals surface area contributed by atoms with E-state index in [0.29, 0.717) is 0 Å². The molecule has 0 aromatic heterocycles. The molecule has 2 aliphatic rings. The van der Waals surface area contributed by atoms with Crippen LogP contribution in [-0.4, -0.2) is 41.9 Å². The van der Waals surface area contributed by atoms with E-state index < -0.39 is 23.8 Å². The molecule has 2 N–H and O–H groups in total. The smallest absolute Gasteiger partial charge is 0.312 e. The van der Waals surface area contributed by atoms with E-state index >= 15 is 0 Å². The monoisotopic (exact) mass is 344 g/mol. The van der Waals surface area contributed by atoms with E-state index in [1.165, 1.54) is 5.56 Å². The highest BCUT2D eigenvalue weighted by atomic mass is 16.2. The van der Waals surface area contributed by atoms with Crippen LogP contribution >= 0.6 is 0 Å². The van der Waals surface area contributed by atoms with Crippen LogP contribution in [0, 0.1) is 5.92 Å². The Morgan fingerprint density at radius 1 is 1.24 bits per heavy atom. The summed E-state index contributed by atoms with van der Waals surface area (Å²) in [5.41, 5.74) is 4.37. The van der Waals surface area contributed by atoms with Gasteiger partial charge in [-0.1, -0.05) is 25.5 Å². The first kappa shape index (κ1) is 16.9. The van der Waals surface area contributed by atoms with Crippen molar-refractivity contribution in [2.24, 2.45) is 5.92 Å². The Hall–Kier alpha value is -2.90. The normalized spacial score (nSPS) is 20.2. The van der Waals surface area contributed by atoms with E-state index in [9.17, 15) is 19.2 Å². The minimum atomic E-state index is -0.661. The zero-order valence-corrected chi connectivity index (χ0v) is 13.9. The molecule has 2 aliphatic heterocycles. The molecule has 8 nitrogen and oxygen atoms in total. The second kappa shape index (κ2) is 6.92. The van der Waals surface area contributed by atoms with Crippen molar-refractivity contribution in [3.8, 4) is 0 Å². The van der Waals surface area contributed by atoms with Gasteiger partial charge in [0.15, 0.2) is 0 Å². The van der Waals surface area contributed by atoms with Gasteiger partial charge in [0, 0.05) is 18.7 Å². The number of rotatable bonds is 5. The molecule has 0 unspecified atom stereocenters. The second-order valence-electron chi connectivity index (χ2n) is 6.24. The predicted octanol–water partition coefficient (Wildman–Crippen LogP) is 0.575. The number of imide groups is 1. The van der Waals surface area contributed by atoms with Crippen LogP contribution in [0.5, 0.6) is 0 Å². The van der Waals surface area contributed by atoms with Crippen LogP contribution < -0.4 is 15.6 Å². The van der Waals surface area contributed by atoms with Gasteiger partial charge in [-0.25, -0.2) is 9.80 Å². The molecule has 3 rings (SSSR count). The lowest BCUT2D eigenvalue weighted by molar-refractivity contribution is -0.129. The number of hydrazine groups is 1. The number of benzene rings is 1. The third-order valence-electron chi connectivity index (χ3n) is 4.32. The Labute approximate surface area is 145 Å². The largest absolute Gasteiger partial charge is 0.343 e. The van der Waals surface area contributed by atoms with Crippen LogP contribution in [0.1, 0.15) is 25.3 Å². The Bertz CT molecular complexity index is 716. The number of aryl methyl sites for hydroxylation is 1. The Morgan fingerprint density at radius 2 is 1.96 bits per heavy atom. The van der Waals surface area contributed by atoms with Crippen molar-refractivity contribution >= 4 is 29.4 Å². The first-order chi connectivity index (χ1) is 12.0. The van der Waals surface area contributed by atoms with Crippen molar-refractivity contribution in [3.05, 3.63) is 29.8 Å². The minimum Gasteiger partial charge on any atom is -0.312 e. The zero-order chi connectivity index (χ0) is 18.0. The second-order valence-corrected chi connectivity index (χ2v) is 6.24. The van der Waals surface area contributed by atoms with Crippen LogP contribution in [0.3, 0.4) is 0 Å². The average molecular weight is 344 g/mol. The molecule has 0 saturated carbocycles. The number of nitrogens with zero attached hydrogens (tertiary/aromatic N) is 2. The summed E-state index contributed by atoms with van der Waals surface area (Å²) in [6.45, 7) is 2.14. The van der Waals surface area contributed by atoms with E-state index in [0.717, 1.165) is 23.5 Å². The Morgan fingerprint density at radius 3 is 2.56 bits per heavy atom. The maximum Gasteiger partial charge on any atom is 0.343 e. The number of anilines is 1. The minimum absolute atomic E-state index is 0.0753. The van der Waals surface area contributed by atoms with Gasteiger partial charge < -0.3 is 4.90 Å². The summed E-state index contributed by atoms with van der Waals surface area (Å²) in [7, 11) is 0. The summed E-state index contributed by atoms with van der Waals surface area (Å²) in [5, 5.41) is 3.01. The van der Waals surface area contributed by atoms with E-state index in [2.05, 4.69) is 17.7 Å². The maximum absolute atomic E-state index is 12.3. The summed E-state index contributed by atoms with van der Waals surface area (Å²) in [4.78, 5) is 48.7. The molecule has 1 aromatic rings. The molecule has 2 saturated heterocycles. The standard InChI is InChI=1S/C17H20N4O4/c1-2-3-11-4-6-13(7-5-11)20-9-12(8-15(20)23)16(24)19-21-10-14(22)18-17(21)25/h4-7,12H,2-3,8-10H2,1H3,(H,19,24)(H,18,22,25)/t12-/m1/s1. The van der Waals surface area contributed by atoms with Gasteiger partial charge in [0.25, 0.3) is 0 Å². The third kappa shape index (κ3) is 3.62. The molecular weight excluding hydrogens is 324 g/mol. The van der Waals surface area contributed by atoms with Crippen LogP contribution in [-0.2, 0) is 20.8 Å². The average Bonchev–Trinajstić information content (AvgIpc) is 3.11. The zero-order valence-electron chi connectivity index (χ0n) is 13.9. The van der Waals surface area contributed by atoms with Crippen molar-refractivity contribution in [2.75, 3.05) is 18.0 Å². The number of carbonyl (C=O) groups excluding carboxylic acids is 4. The molecule has 1 atom stereocenters. The molecule has 2 heterocycles. The summed E-state index contributed by atoms with van der Waals surface area (Å²) in [6, 6.07) is 7.08. The topological polar surface area (TPSA) is 98.8 Å². The Balaban J connectivity index is 1.62. The van der Waals surface area contributed by atoms with Gasteiger partial charge in [0.2, 0.25) is 17.7 Å².